The Balaban J connectivity index is 0.00000203. The Labute approximate surface area is 321 Å². The fourth-order valence-electron chi connectivity index (χ4n) is 10.3. The minimum atomic E-state index is -2.87. The van der Waals surface area contributed by atoms with Crippen molar-refractivity contribution >= 4 is 33.7 Å². The molecule has 0 radical (unpaired) electrons. The third-order valence-electron chi connectivity index (χ3n) is 13.2. The summed E-state index contributed by atoms with van der Waals surface area (Å²) in [6.07, 6.45) is 5.26. The van der Waals surface area contributed by atoms with E-state index in [1.54, 1.807) is 33.4 Å². The van der Waals surface area contributed by atoms with Crippen LogP contribution in [0.15, 0.2) is 96.1 Å². The van der Waals surface area contributed by atoms with Crippen molar-refractivity contribution in [3.8, 4) is 22.3 Å². The summed E-state index contributed by atoms with van der Waals surface area (Å²) in [7, 11) is 0. The number of allylic oxidation sites excluding steroid dienone is 2. The molecule has 0 spiro atoms. The average Bonchev–Trinajstić information content (AvgIpc) is 3.70. The molecule has 1 heterocycles. The van der Waals surface area contributed by atoms with Gasteiger partial charge in [-0.3, -0.25) is 0 Å². The van der Waals surface area contributed by atoms with Crippen molar-refractivity contribution in [3.63, 3.8) is 0 Å². The molecule has 2 unspecified atom stereocenters. The summed E-state index contributed by atoms with van der Waals surface area (Å²) < 4.78 is 4.22. The van der Waals surface area contributed by atoms with Gasteiger partial charge in [0.1, 0.15) is 0 Å². The third kappa shape index (κ3) is 5.24. The molecule has 0 amide bonds. The maximum atomic E-state index is 2.63. The van der Waals surface area contributed by atoms with Gasteiger partial charge in [0.05, 0.1) is 0 Å². The third-order valence-corrected chi connectivity index (χ3v) is 26.6. The van der Waals surface area contributed by atoms with Crippen LogP contribution < -0.4 is 24.8 Å². The summed E-state index contributed by atoms with van der Waals surface area (Å²) >= 11 is -2.87. The summed E-state index contributed by atoms with van der Waals surface area (Å²) in [5.74, 6) is 0. The van der Waals surface area contributed by atoms with Gasteiger partial charge in [0.2, 0.25) is 0 Å². The molecular weight excluding hydrogens is 739 g/mol. The zero-order chi connectivity index (χ0) is 33.9. The van der Waals surface area contributed by atoms with Gasteiger partial charge in [-0.1, -0.05) is 0 Å². The Morgan fingerprint density at radius 3 is 1.18 bits per heavy atom. The molecule has 0 saturated carbocycles. The Hall–Kier alpha value is -3.22. The number of halogens is 2. The van der Waals surface area contributed by atoms with Crippen molar-refractivity contribution < 1.29 is 45.1 Å². The van der Waals surface area contributed by atoms with Gasteiger partial charge in [-0.25, -0.2) is 0 Å². The molecule has 1 saturated heterocycles. The summed E-state index contributed by atoms with van der Waals surface area (Å²) in [6, 6.07) is 31.9. The Morgan fingerprint density at radius 1 is 0.431 bits per heavy atom. The smallest absolute Gasteiger partial charge is 1.00 e. The topological polar surface area (TPSA) is 0 Å². The van der Waals surface area contributed by atoms with Crippen LogP contribution >= 0.6 is 0 Å². The summed E-state index contributed by atoms with van der Waals surface area (Å²) in [5.41, 5.74) is 24.3. The number of hydrogen-bond donors (Lipinski definition) is 0. The molecule has 256 valence electrons. The van der Waals surface area contributed by atoms with Crippen LogP contribution in [0.5, 0.6) is 0 Å². The minimum absolute atomic E-state index is 0. The Kier molecular flexibility index (Phi) is 9.23. The minimum Gasteiger partial charge on any atom is -1.00 e. The molecule has 0 aromatic heterocycles. The average molecular weight is 785 g/mol. The van der Waals surface area contributed by atoms with Gasteiger partial charge in [-0.15, -0.1) is 0 Å². The summed E-state index contributed by atoms with van der Waals surface area (Å²) in [6.45, 7) is 19.3. The number of rotatable bonds is 4. The van der Waals surface area contributed by atoms with Gasteiger partial charge in [-0.05, 0) is 0 Å². The molecule has 2 aliphatic carbocycles. The molecule has 0 bridgehead atoms. The van der Waals surface area contributed by atoms with Gasteiger partial charge >= 0.3 is 299 Å². The quantitative estimate of drug-likeness (QED) is 0.171. The zero-order valence-corrected chi connectivity index (χ0v) is 35.0. The van der Waals surface area contributed by atoms with Crippen molar-refractivity contribution in [2.24, 2.45) is 0 Å². The van der Waals surface area contributed by atoms with E-state index in [0.717, 1.165) is 0 Å². The van der Waals surface area contributed by atoms with Crippen LogP contribution in [0.25, 0.3) is 56.0 Å². The van der Waals surface area contributed by atoms with E-state index in [2.05, 4.69) is 152 Å². The molecule has 2 atom stereocenters. The molecule has 9 rings (SSSR count). The van der Waals surface area contributed by atoms with Crippen molar-refractivity contribution in [1.82, 2.24) is 0 Å². The van der Waals surface area contributed by atoms with Crippen LogP contribution in [0.3, 0.4) is 0 Å². The first-order valence-corrected chi connectivity index (χ1v) is 24.5. The second kappa shape index (κ2) is 13.0. The van der Waals surface area contributed by atoms with E-state index < -0.39 is 20.3 Å². The van der Waals surface area contributed by atoms with E-state index in [9.17, 15) is 0 Å². The number of hydrogen-bond acceptors (Lipinski definition) is 0. The molecule has 3 heteroatoms. The van der Waals surface area contributed by atoms with Gasteiger partial charge in [-0.2, -0.15) is 0 Å². The second-order valence-electron chi connectivity index (χ2n) is 15.7. The summed E-state index contributed by atoms with van der Waals surface area (Å²) in [4.78, 5) is 0. The van der Waals surface area contributed by atoms with Crippen LogP contribution in [0.2, 0.25) is 8.26 Å². The maximum Gasteiger partial charge on any atom is -1.00 e. The monoisotopic (exact) mass is 782 g/mol. The molecule has 3 aliphatic rings. The number of benzene rings is 6. The van der Waals surface area contributed by atoms with E-state index in [1.165, 1.54) is 85.4 Å². The fraction of sp³-hybridized carbons (Fsp3) is 0.250. The molecule has 6 aromatic carbocycles. The molecule has 0 nitrogen and oxygen atoms in total. The van der Waals surface area contributed by atoms with Gasteiger partial charge in [0, 0.05) is 0 Å². The first kappa shape index (κ1) is 36.2. The van der Waals surface area contributed by atoms with Gasteiger partial charge in [0.25, 0.3) is 0 Å². The fourth-order valence-corrected chi connectivity index (χ4v) is 28.4. The van der Waals surface area contributed by atoms with Crippen LogP contribution in [0.4, 0.5) is 0 Å². The van der Waals surface area contributed by atoms with Crippen molar-refractivity contribution in [1.29, 1.82) is 0 Å². The van der Waals surface area contributed by atoms with E-state index in [0.29, 0.717) is 7.25 Å². The Bertz CT molecular complexity index is 2320. The van der Waals surface area contributed by atoms with Crippen LogP contribution in [0.1, 0.15) is 76.7 Å². The SMILES string of the molecule is CC1=Cc2c(-c3ccc4ccccc4c3)c(C)c(C)c(C)c2[CH]1[Zr+2]1([CH]2C(C)=Cc3c(-c4ccc5ccccc5c4)c(C)c(C)c(C)c32)[CH2][CH2]1.[Cl-].[Cl-]. The van der Waals surface area contributed by atoms with Crippen molar-refractivity contribution in [3.05, 3.63) is 152 Å². The predicted molar refractivity (Wildman–Crippen MR) is 210 cm³/mol. The molecule has 1 aliphatic heterocycles. The van der Waals surface area contributed by atoms with Crippen LogP contribution in [-0.4, -0.2) is 0 Å². The van der Waals surface area contributed by atoms with Crippen molar-refractivity contribution in [2.75, 3.05) is 0 Å². The normalized spacial score (nSPS) is 17.5. The molecule has 0 N–H and O–H groups in total. The van der Waals surface area contributed by atoms with E-state index >= 15 is 0 Å². The van der Waals surface area contributed by atoms with E-state index in [4.69, 9.17) is 0 Å². The van der Waals surface area contributed by atoms with E-state index in [1.807, 2.05) is 0 Å². The van der Waals surface area contributed by atoms with Gasteiger partial charge < -0.3 is 24.8 Å². The van der Waals surface area contributed by atoms with Gasteiger partial charge in [0.15, 0.2) is 0 Å². The maximum absolute atomic E-state index is 2.87. The van der Waals surface area contributed by atoms with Crippen LogP contribution in [0, 0.1) is 41.5 Å². The second-order valence-corrected chi connectivity index (χ2v) is 27.0. The number of fused-ring (bicyclic) bond motifs is 4. The first-order chi connectivity index (χ1) is 23.6. The molecule has 6 aromatic rings. The summed E-state index contributed by atoms with van der Waals surface area (Å²) in [5, 5.41) is 5.28. The van der Waals surface area contributed by atoms with Crippen LogP contribution in [-0.2, 0) is 20.3 Å². The van der Waals surface area contributed by atoms with E-state index in [-0.39, 0.29) is 24.8 Å². The standard InChI is InChI=1S/2C23H21.C2H4.2ClH.Zr/c2*1-14-11-21-16(3)15(2)17(4)23(22(21)12-14)20-10-9-18-7-5-6-8-19(18)13-20;1-2;;;/h2*5-13H,1-4H3;1-2H2;2*1H;/q;;;;;+2/p-2. The molecule has 51 heavy (non-hydrogen) atoms. The first-order valence-electron chi connectivity index (χ1n) is 18.2. The largest absolute Gasteiger partial charge is 1.00 e. The van der Waals surface area contributed by atoms with Crippen molar-refractivity contribution in [2.45, 2.75) is 70.9 Å². The predicted octanol–water partition coefficient (Wildman–Crippen LogP) is 7.81. The molecule has 1 fully saturated rings. The Morgan fingerprint density at radius 2 is 0.804 bits per heavy atom. The zero-order valence-electron chi connectivity index (χ0n) is 31.1. The molecular formula is C48H46Cl2Zr.